The Bertz CT molecular complexity index is 814. The minimum absolute atomic E-state index is 0.0669. The van der Waals surface area contributed by atoms with Crippen molar-refractivity contribution in [3.63, 3.8) is 0 Å². The highest BCUT2D eigenvalue weighted by atomic mass is 16.5. The van der Waals surface area contributed by atoms with Crippen molar-refractivity contribution in [3.8, 4) is 0 Å². The molecule has 4 heteroatoms. The molecule has 1 unspecified atom stereocenters. The van der Waals surface area contributed by atoms with Gasteiger partial charge in [-0.25, -0.2) is 4.79 Å². The first-order valence-electron chi connectivity index (χ1n) is 11.6. The summed E-state index contributed by atoms with van der Waals surface area (Å²) in [6, 6.07) is 9.14. The minimum atomic E-state index is -0.299. The smallest absolute Gasteiger partial charge is 0.338 e. The van der Waals surface area contributed by atoms with E-state index in [1.54, 1.807) is 12.1 Å². The molecule has 2 N–H and O–H groups in total. The van der Waals surface area contributed by atoms with Crippen LogP contribution in [0.15, 0.2) is 54.1 Å². The van der Waals surface area contributed by atoms with Crippen LogP contribution in [0.3, 0.4) is 0 Å². The summed E-state index contributed by atoms with van der Waals surface area (Å²) in [7, 11) is 0. The molecule has 0 bridgehead atoms. The molecule has 3 rings (SSSR count). The van der Waals surface area contributed by atoms with Gasteiger partial charge >= 0.3 is 5.97 Å². The van der Waals surface area contributed by atoms with Gasteiger partial charge in [0.05, 0.1) is 12.2 Å². The molecule has 2 saturated carbocycles. The lowest BCUT2D eigenvalue weighted by Crippen LogP contribution is -2.58. The Balaban J connectivity index is 1.91. The Morgan fingerprint density at radius 3 is 2.58 bits per heavy atom. The number of benzene rings is 1. The third kappa shape index (κ3) is 4.80. The van der Waals surface area contributed by atoms with Crippen LogP contribution in [0.5, 0.6) is 0 Å². The summed E-state index contributed by atoms with van der Waals surface area (Å²) in [5, 5.41) is 19.6. The number of carbonyl (C=O) groups excluding carboxylic acids is 1. The molecule has 1 aromatic rings. The molecule has 2 aliphatic carbocycles. The number of aliphatic hydroxyl groups is 2. The average molecular weight is 427 g/mol. The summed E-state index contributed by atoms with van der Waals surface area (Å²) < 4.78 is 6.14. The molecule has 0 aliphatic heterocycles. The zero-order valence-electron chi connectivity index (χ0n) is 19.3. The second kappa shape index (κ2) is 9.70. The molecule has 0 spiro atoms. The van der Waals surface area contributed by atoms with Crippen LogP contribution in [-0.2, 0) is 4.74 Å². The Kier molecular flexibility index (Phi) is 7.43. The zero-order chi connectivity index (χ0) is 22.6. The van der Waals surface area contributed by atoms with Crippen LogP contribution in [-0.4, -0.2) is 35.5 Å². The summed E-state index contributed by atoms with van der Waals surface area (Å²) in [5.74, 6) is 0.0771. The fourth-order valence-corrected chi connectivity index (χ4v) is 6.46. The Morgan fingerprint density at radius 1 is 1.23 bits per heavy atom. The van der Waals surface area contributed by atoms with E-state index < -0.39 is 0 Å². The van der Waals surface area contributed by atoms with E-state index in [0.717, 1.165) is 37.7 Å². The SMILES string of the molecule is C=C1C[C@@H](OC(=O)c2ccccc2)C2[C@](C)(CO)CCC[C@]2(C)[C@H]1CCC(C)=CCO. The number of ether oxygens (including phenoxy) is 1. The third-order valence-corrected chi connectivity index (χ3v) is 7.94. The van der Waals surface area contributed by atoms with Gasteiger partial charge in [-0.2, -0.15) is 0 Å². The standard InChI is InChI=1S/C27H38O4/c1-19(13-16-28)11-12-22-20(2)17-23(31-25(30)21-9-6-5-7-10-21)24-26(3,18-29)14-8-15-27(22,24)4/h5-7,9-10,13,22-24,28-29H,2,8,11-12,14-18H2,1,3-4H3/t22-,23+,24?,26-,27+/m0/s1. The van der Waals surface area contributed by atoms with E-state index >= 15 is 0 Å². The fraction of sp³-hybridized carbons (Fsp3) is 0.593. The summed E-state index contributed by atoms with van der Waals surface area (Å²) >= 11 is 0. The number of allylic oxidation sites excluding steroid dienone is 1. The van der Waals surface area contributed by atoms with Crippen molar-refractivity contribution >= 4 is 5.97 Å². The van der Waals surface area contributed by atoms with Crippen molar-refractivity contribution in [3.05, 3.63) is 59.7 Å². The molecule has 0 radical (unpaired) electrons. The molecule has 0 aromatic heterocycles. The molecule has 0 amide bonds. The molecule has 170 valence electrons. The third-order valence-electron chi connectivity index (χ3n) is 7.94. The molecule has 0 saturated heterocycles. The van der Waals surface area contributed by atoms with E-state index in [-0.39, 0.29) is 42.0 Å². The lowest BCUT2D eigenvalue weighted by atomic mass is 9.46. The molecule has 0 heterocycles. The first-order valence-corrected chi connectivity index (χ1v) is 11.6. The molecule has 2 fully saturated rings. The van der Waals surface area contributed by atoms with Crippen LogP contribution >= 0.6 is 0 Å². The van der Waals surface area contributed by atoms with Gasteiger partial charge in [0.15, 0.2) is 0 Å². The van der Waals surface area contributed by atoms with Crippen LogP contribution in [0.2, 0.25) is 0 Å². The van der Waals surface area contributed by atoms with Crippen molar-refractivity contribution in [2.45, 2.75) is 65.4 Å². The predicted molar refractivity (Wildman–Crippen MR) is 124 cm³/mol. The van der Waals surface area contributed by atoms with Gasteiger partial charge in [0.1, 0.15) is 6.10 Å². The topological polar surface area (TPSA) is 66.8 Å². The van der Waals surface area contributed by atoms with Crippen molar-refractivity contribution < 1.29 is 19.7 Å². The van der Waals surface area contributed by atoms with Crippen molar-refractivity contribution in [2.24, 2.45) is 22.7 Å². The maximum Gasteiger partial charge on any atom is 0.338 e. The lowest BCUT2D eigenvalue weighted by molar-refractivity contribution is -0.145. The van der Waals surface area contributed by atoms with Gasteiger partial charge < -0.3 is 14.9 Å². The number of hydrogen-bond donors (Lipinski definition) is 2. The maximum absolute atomic E-state index is 12.9. The summed E-state index contributed by atoms with van der Waals surface area (Å²) in [4.78, 5) is 12.9. The van der Waals surface area contributed by atoms with Crippen molar-refractivity contribution in [1.29, 1.82) is 0 Å². The highest BCUT2D eigenvalue weighted by molar-refractivity contribution is 5.89. The summed E-state index contributed by atoms with van der Waals surface area (Å²) in [6.45, 7) is 11.1. The summed E-state index contributed by atoms with van der Waals surface area (Å²) in [5.41, 5.74) is 2.51. The maximum atomic E-state index is 12.9. The molecule has 4 nitrogen and oxygen atoms in total. The number of aliphatic hydroxyl groups excluding tert-OH is 2. The lowest BCUT2D eigenvalue weighted by Gasteiger charge is -2.60. The molecule has 31 heavy (non-hydrogen) atoms. The quantitative estimate of drug-likeness (QED) is 0.458. The van der Waals surface area contributed by atoms with Crippen molar-refractivity contribution in [1.82, 2.24) is 0 Å². The monoisotopic (exact) mass is 426 g/mol. The van der Waals surface area contributed by atoms with E-state index in [9.17, 15) is 15.0 Å². The highest BCUT2D eigenvalue weighted by Crippen LogP contribution is 2.62. The number of esters is 1. The van der Waals surface area contributed by atoms with Crippen molar-refractivity contribution in [2.75, 3.05) is 13.2 Å². The molecule has 1 aromatic carbocycles. The van der Waals surface area contributed by atoms with Gasteiger partial charge in [0.2, 0.25) is 0 Å². The van der Waals surface area contributed by atoms with E-state index in [0.29, 0.717) is 17.9 Å². The Morgan fingerprint density at radius 2 is 1.94 bits per heavy atom. The second-order valence-electron chi connectivity index (χ2n) is 10.1. The minimum Gasteiger partial charge on any atom is -0.458 e. The van der Waals surface area contributed by atoms with Crippen LogP contribution in [0.25, 0.3) is 0 Å². The number of hydrogen-bond acceptors (Lipinski definition) is 4. The predicted octanol–water partition coefficient (Wildman–Crippen LogP) is 5.31. The number of carbonyl (C=O) groups is 1. The molecular weight excluding hydrogens is 388 g/mol. The molecule has 2 aliphatic rings. The van der Waals surface area contributed by atoms with Crippen LogP contribution < -0.4 is 0 Å². The summed E-state index contributed by atoms with van der Waals surface area (Å²) in [6.07, 6.45) is 7.14. The van der Waals surface area contributed by atoms with Gasteiger partial charge in [-0.1, -0.05) is 62.3 Å². The van der Waals surface area contributed by atoms with Gasteiger partial charge in [0, 0.05) is 18.9 Å². The zero-order valence-corrected chi connectivity index (χ0v) is 19.3. The molecule has 5 atom stereocenters. The van der Waals surface area contributed by atoms with Gasteiger partial charge in [-0.3, -0.25) is 0 Å². The second-order valence-corrected chi connectivity index (χ2v) is 10.1. The van der Waals surface area contributed by atoms with E-state index in [2.05, 4.69) is 27.4 Å². The van der Waals surface area contributed by atoms with Gasteiger partial charge in [-0.05, 0) is 61.5 Å². The Hall–Kier alpha value is -1.91. The van der Waals surface area contributed by atoms with Crippen LogP contribution in [0.4, 0.5) is 0 Å². The number of fused-ring (bicyclic) bond motifs is 1. The average Bonchev–Trinajstić information content (AvgIpc) is 2.73. The first-order chi connectivity index (χ1) is 14.7. The van der Waals surface area contributed by atoms with Crippen LogP contribution in [0.1, 0.15) is 69.7 Å². The van der Waals surface area contributed by atoms with Gasteiger partial charge in [-0.15, -0.1) is 0 Å². The Labute approximate surface area is 187 Å². The number of rotatable bonds is 7. The van der Waals surface area contributed by atoms with E-state index in [1.807, 2.05) is 24.3 Å². The van der Waals surface area contributed by atoms with Gasteiger partial charge in [0.25, 0.3) is 0 Å². The largest absolute Gasteiger partial charge is 0.458 e. The normalized spacial score (nSPS) is 33.6. The van der Waals surface area contributed by atoms with E-state index in [1.165, 1.54) is 5.57 Å². The molecular formula is C27H38O4. The highest BCUT2D eigenvalue weighted by Gasteiger charge is 2.59. The fourth-order valence-electron chi connectivity index (χ4n) is 6.46. The first kappa shape index (κ1) is 23.7. The van der Waals surface area contributed by atoms with E-state index in [4.69, 9.17) is 4.74 Å². The van der Waals surface area contributed by atoms with Crippen LogP contribution in [0, 0.1) is 22.7 Å².